The molecule has 0 N–H and O–H groups in total. The predicted octanol–water partition coefficient (Wildman–Crippen LogP) is 14.6. The normalized spacial score (nSPS) is 11.6. The van der Waals surface area contributed by atoms with Crippen LogP contribution in [0.2, 0.25) is 0 Å². The van der Waals surface area contributed by atoms with Gasteiger partial charge in [0.15, 0.2) is 5.82 Å². The van der Waals surface area contributed by atoms with Gasteiger partial charge >= 0.3 is 0 Å². The molecule has 256 valence electrons. The van der Waals surface area contributed by atoms with Crippen molar-refractivity contribution >= 4 is 63.8 Å². The Labute approximate surface area is 322 Å². The fourth-order valence-corrected chi connectivity index (χ4v) is 9.31. The molecule has 0 aliphatic heterocycles. The van der Waals surface area contributed by atoms with E-state index in [-0.39, 0.29) is 0 Å². The van der Waals surface area contributed by atoms with Crippen molar-refractivity contribution in [3.63, 3.8) is 0 Å². The van der Waals surface area contributed by atoms with Gasteiger partial charge in [-0.05, 0) is 84.9 Å². The summed E-state index contributed by atoms with van der Waals surface area (Å²) < 4.78 is 2.62. The molecular formula is C52H32N2S. The molecule has 0 unspecified atom stereocenters. The van der Waals surface area contributed by atoms with Crippen molar-refractivity contribution < 1.29 is 0 Å². The van der Waals surface area contributed by atoms with Crippen molar-refractivity contribution in [3.8, 4) is 56.2 Å². The first-order valence-electron chi connectivity index (χ1n) is 18.6. The first-order valence-corrected chi connectivity index (χ1v) is 19.5. The number of aromatic nitrogens is 2. The maximum Gasteiger partial charge on any atom is 0.160 e. The summed E-state index contributed by atoms with van der Waals surface area (Å²) in [5, 5.41) is 10.1. The van der Waals surface area contributed by atoms with Gasteiger partial charge in [0, 0.05) is 36.9 Å². The van der Waals surface area contributed by atoms with E-state index in [1.165, 1.54) is 69.2 Å². The molecule has 0 aliphatic carbocycles. The Balaban J connectivity index is 1.03. The highest BCUT2D eigenvalue weighted by Crippen LogP contribution is 2.41. The van der Waals surface area contributed by atoms with E-state index >= 15 is 0 Å². The van der Waals surface area contributed by atoms with Crippen molar-refractivity contribution in [2.75, 3.05) is 0 Å². The highest BCUT2D eigenvalue weighted by atomic mass is 32.1. The van der Waals surface area contributed by atoms with Crippen molar-refractivity contribution in [1.82, 2.24) is 9.97 Å². The molecule has 0 atom stereocenters. The van der Waals surface area contributed by atoms with Gasteiger partial charge in [0.05, 0.1) is 11.4 Å². The Kier molecular flexibility index (Phi) is 7.39. The van der Waals surface area contributed by atoms with E-state index in [4.69, 9.17) is 9.97 Å². The summed E-state index contributed by atoms with van der Waals surface area (Å²) >= 11 is 1.85. The number of fused-ring (bicyclic) bond motifs is 7. The highest BCUT2D eigenvalue weighted by molar-refractivity contribution is 7.25. The summed E-state index contributed by atoms with van der Waals surface area (Å²) in [6, 6.07) is 69.8. The first-order chi connectivity index (χ1) is 27.2. The summed E-state index contributed by atoms with van der Waals surface area (Å²) in [6.45, 7) is 0. The molecule has 0 fully saturated rings. The molecule has 0 spiro atoms. The number of hydrogen-bond donors (Lipinski definition) is 0. The van der Waals surface area contributed by atoms with Crippen LogP contribution in [0, 0.1) is 0 Å². The third kappa shape index (κ3) is 5.48. The lowest BCUT2D eigenvalue weighted by molar-refractivity contribution is 1.18. The summed E-state index contributed by atoms with van der Waals surface area (Å²) in [7, 11) is 0. The third-order valence-electron chi connectivity index (χ3n) is 10.9. The minimum absolute atomic E-state index is 0.703. The Bertz CT molecular complexity index is 3250. The molecule has 0 saturated heterocycles. The van der Waals surface area contributed by atoms with E-state index in [0.717, 1.165) is 33.6 Å². The number of rotatable bonds is 5. The summed E-state index contributed by atoms with van der Waals surface area (Å²) in [5.74, 6) is 0.703. The van der Waals surface area contributed by atoms with Crippen LogP contribution in [0.3, 0.4) is 0 Å². The lowest BCUT2D eigenvalue weighted by atomic mass is 9.89. The van der Waals surface area contributed by atoms with Gasteiger partial charge < -0.3 is 0 Å². The van der Waals surface area contributed by atoms with Crippen molar-refractivity contribution in [2.45, 2.75) is 0 Å². The number of nitrogens with zero attached hydrogens (tertiary/aromatic N) is 2. The molecule has 2 nitrogen and oxygen atoms in total. The second kappa shape index (κ2) is 12.9. The van der Waals surface area contributed by atoms with E-state index < -0.39 is 0 Å². The fraction of sp³-hybridized carbons (Fsp3) is 0. The Hall–Kier alpha value is -6.94. The third-order valence-corrected chi connectivity index (χ3v) is 12.0. The van der Waals surface area contributed by atoms with E-state index in [2.05, 4.69) is 188 Å². The van der Waals surface area contributed by atoms with Crippen LogP contribution in [-0.4, -0.2) is 9.97 Å². The van der Waals surface area contributed by atoms with Gasteiger partial charge in [0.1, 0.15) is 0 Å². The molecule has 0 amide bonds. The van der Waals surface area contributed by atoms with Crippen LogP contribution in [0.15, 0.2) is 194 Å². The zero-order chi connectivity index (χ0) is 36.3. The van der Waals surface area contributed by atoms with Crippen molar-refractivity contribution in [1.29, 1.82) is 0 Å². The Morgan fingerprint density at radius 1 is 0.291 bits per heavy atom. The molecule has 2 heterocycles. The van der Waals surface area contributed by atoms with Gasteiger partial charge in [-0.3, -0.25) is 0 Å². The van der Waals surface area contributed by atoms with E-state index in [1.54, 1.807) is 0 Å². The topological polar surface area (TPSA) is 25.8 Å². The molecule has 11 aromatic rings. The van der Waals surface area contributed by atoms with Crippen LogP contribution in [0.1, 0.15) is 0 Å². The highest BCUT2D eigenvalue weighted by Gasteiger charge is 2.15. The van der Waals surface area contributed by atoms with Gasteiger partial charge in [-0.2, -0.15) is 0 Å². The monoisotopic (exact) mass is 716 g/mol. The molecule has 2 aromatic heterocycles. The largest absolute Gasteiger partial charge is 0.228 e. The maximum absolute atomic E-state index is 5.24. The quantitative estimate of drug-likeness (QED) is 0.131. The Morgan fingerprint density at radius 3 is 1.75 bits per heavy atom. The average molecular weight is 717 g/mol. The summed E-state index contributed by atoms with van der Waals surface area (Å²) in [5.41, 5.74) is 9.66. The smallest absolute Gasteiger partial charge is 0.160 e. The number of hydrogen-bond acceptors (Lipinski definition) is 3. The van der Waals surface area contributed by atoms with Crippen LogP contribution < -0.4 is 0 Å². The Morgan fingerprint density at radius 2 is 0.891 bits per heavy atom. The van der Waals surface area contributed by atoms with Gasteiger partial charge in [0.25, 0.3) is 0 Å². The van der Waals surface area contributed by atoms with Crippen LogP contribution in [0.5, 0.6) is 0 Å². The zero-order valence-corrected chi connectivity index (χ0v) is 30.6. The number of benzene rings is 9. The average Bonchev–Trinajstić information content (AvgIpc) is 3.64. The van der Waals surface area contributed by atoms with Crippen molar-refractivity contribution in [2.24, 2.45) is 0 Å². The number of thiophene rings is 1. The minimum Gasteiger partial charge on any atom is -0.228 e. The lowest BCUT2D eigenvalue weighted by Crippen LogP contribution is -1.96. The molecule has 0 radical (unpaired) electrons. The molecule has 0 aliphatic rings. The summed E-state index contributed by atoms with van der Waals surface area (Å²) in [6.07, 6.45) is 0. The zero-order valence-electron chi connectivity index (χ0n) is 29.8. The van der Waals surface area contributed by atoms with E-state index in [0.29, 0.717) is 5.82 Å². The van der Waals surface area contributed by atoms with Gasteiger partial charge in [0.2, 0.25) is 0 Å². The molecule has 0 saturated carbocycles. The molecular weight excluding hydrogens is 685 g/mol. The van der Waals surface area contributed by atoms with E-state index in [1.807, 2.05) is 17.4 Å². The first kappa shape index (κ1) is 31.6. The maximum atomic E-state index is 5.24. The van der Waals surface area contributed by atoms with Gasteiger partial charge in [-0.25, -0.2) is 9.97 Å². The predicted molar refractivity (Wildman–Crippen MR) is 235 cm³/mol. The molecule has 55 heavy (non-hydrogen) atoms. The molecule has 11 rings (SSSR count). The summed E-state index contributed by atoms with van der Waals surface area (Å²) in [4.78, 5) is 10.4. The van der Waals surface area contributed by atoms with Crippen molar-refractivity contribution in [3.05, 3.63) is 194 Å². The second-order valence-corrected chi connectivity index (χ2v) is 15.2. The molecule has 3 heteroatoms. The van der Waals surface area contributed by atoms with Crippen LogP contribution in [-0.2, 0) is 0 Å². The molecule has 9 aromatic carbocycles. The lowest BCUT2D eigenvalue weighted by Gasteiger charge is -2.15. The van der Waals surface area contributed by atoms with Crippen LogP contribution in [0.4, 0.5) is 0 Å². The standard InChI is InChI=1S/C52H32N2S/c1-2-12-34(13-3-1)47-32-48(40-16-10-15-37(29-40)38-26-27-44-43-19-8-9-20-49(43)55-50(44)31-38)54-52(53-47)36-23-21-35(22-24-36)51-42-18-7-5-14-39(42)30-46-41-17-6-4-11-33(41)25-28-45(46)51/h1-32H. The molecule has 0 bridgehead atoms. The van der Waals surface area contributed by atoms with E-state index in [9.17, 15) is 0 Å². The fourth-order valence-electron chi connectivity index (χ4n) is 8.16. The van der Waals surface area contributed by atoms with Crippen LogP contribution in [0.25, 0.3) is 109 Å². The van der Waals surface area contributed by atoms with Gasteiger partial charge in [-0.1, -0.05) is 164 Å². The van der Waals surface area contributed by atoms with Gasteiger partial charge in [-0.15, -0.1) is 11.3 Å². The SMILES string of the molecule is c1ccc(-c2cc(-c3cccc(-c4ccc5c(c4)sc4ccccc45)c3)nc(-c3ccc(-c4c5ccccc5cc5c4ccc4ccccc45)cc3)n2)cc1. The minimum atomic E-state index is 0.703. The second-order valence-electron chi connectivity index (χ2n) is 14.1. The van der Waals surface area contributed by atoms with Crippen LogP contribution >= 0.6 is 11.3 Å².